The summed E-state index contributed by atoms with van der Waals surface area (Å²) >= 11 is 0. The van der Waals surface area contributed by atoms with E-state index in [4.69, 9.17) is 19.2 Å². The predicted octanol–water partition coefficient (Wildman–Crippen LogP) is 2.77. The van der Waals surface area contributed by atoms with Crippen LogP contribution in [0.15, 0.2) is 35.3 Å². The molecule has 2 N–H and O–H groups in total. The van der Waals surface area contributed by atoms with E-state index >= 15 is 0 Å². The normalized spacial score (nSPS) is 13.7. The van der Waals surface area contributed by atoms with E-state index in [1.165, 1.54) is 0 Å². The summed E-state index contributed by atoms with van der Waals surface area (Å²) in [7, 11) is 5.04. The first kappa shape index (κ1) is 30.5. The average Bonchev–Trinajstić information content (AvgIpc) is 3.22. The number of aliphatic hydroxyl groups excluding tert-OH is 1. The number of fused-ring (bicyclic) bond motifs is 1. The van der Waals surface area contributed by atoms with E-state index in [0.29, 0.717) is 31.7 Å². The van der Waals surface area contributed by atoms with Crippen molar-refractivity contribution in [3.05, 3.63) is 51.9 Å². The monoisotopic (exact) mass is 542 g/mol. The van der Waals surface area contributed by atoms with Crippen molar-refractivity contribution in [3.8, 4) is 11.4 Å². The van der Waals surface area contributed by atoms with Gasteiger partial charge in [-0.05, 0) is 64.8 Å². The number of hydrogen-bond acceptors (Lipinski definition) is 8. The van der Waals surface area contributed by atoms with Crippen LogP contribution in [-0.4, -0.2) is 76.9 Å². The summed E-state index contributed by atoms with van der Waals surface area (Å²) in [4.78, 5) is 29.9. The molecule has 0 amide bonds. The Morgan fingerprint density at radius 1 is 1.15 bits per heavy atom. The Kier molecular flexibility index (Phi) is 10.1. The van der Waals surface area contributed by atoms with Gasteiger partial charge in [-0.25, -0.2) is 4.98 Å². The smallest absolute Gasteiger partial charge is 0.326 e. The molecule has 0 spiro atoms. The molecular formula is C29H42N4O6. The van der Waals surface area contributed by atoms with Gasteiger partial charge in [0.05, 0.1) is 36.4 Å². The van der Waals surface area contributed by atoms with Gasteiger partial charge >= 0.3 is 5.97 Å². The van der Waals surface area contributed by atoms with E-state index < -0.39 is 23.7 Å². The van der Waals surface area contributed by atoms with Crippen LogP contribution in [0.1, 0.15) is 44.9 Å². The average molecular weight is 543 g/mol. The Hall–Kier alpha value is -3.05. The molecule has 0 aliphatic rings. The molecule has 214 valence electrons. The standard InChI is InChI=1S/C29H42N4O6/c1-18-13-21(15-32(6)27(18)35)26-31-23-14-20(9-10-24(23)33(26)22(16-37-7)17-38-8)11-12-30-25(19(2)34)28(36)39-29(3,4)5/h9-10,13-15,19,22,25,30,34H,11-12,16-17H2,1-8H3/t19-,25?/m1/s1. The van der Waals surface area contributed by atoms with Gasteiger partial charge in [-0.2, -0.15) is 0 Å². The molecule has 10 nitrogen and oxygen atoms in total. The van der Waals surface area contributed by atoms with Crippen molar-refractivity contribution in [1.29, 1.82) is 0 Å². The Labute approximate surface area is 229 Å². The van der Waals surface area contributed by atoms with Crippen LogP contribution in [0.3, 0.4) is 0 Å². The first-order valence-electron chi connectivity index (χ1n) is 13.2. The second-order valence-electron chi connectivity index (χ2n) is 11.0. The number of hydrogen-bond donors (Lipinski definition) is 2. The number of pyridine rings is 1. The molecule has 2 aromatic heterocycles. The maximum atomic E-state index is 12.5. The van der Waals surface area contributed by atoms with Gasteiger partial charge in [0.25, 0.3) is 5.56 Å². The highest BCUT2D eigenvalue weighted by atomic mass is 16.6. The SMILES string of the molecule is COCC(COC)n1c(-c2cc(C)c(=O)n(C)c2)nc2cc(CCNC(C(=O)OC(C)(C)C)[C@@H](C)O)ccc21. The summed E-state index contributed by atoms with van der Waals surface area (Å²) < 4.78 is 20.1. The zero-order valence-electron chi connectivity index (χ0n) is 24.3. The lowest BCUT2D eigenvalue weighted by atomic mass is 10.1. The van der Waals surface area contributed by atoms with E-state index in [0.717, 1.165) is 28.0 Å². The summed E-state index contributed by atoms with van der Waals surface area (Å²) in [6.45, 7) is 10.1. The number of esters is 1. The third-order valence-corrected chi connectivity index (χ3v) is 6.38. The summed E-state index contributed by atoms with van der Waals surface area (Å²) in [5.41, 5.74) is 3.50. The number of nitrogens with zero attached hydrogens (tertiary/aromatic N) is 3. The van der Waals surface area contributed by atoms with Crippen LogP contribution in [0.2, 0.25) is 0 Å². The molecule has 0 saturated heterocycles. The zero-order chi connectivity index (χ0) is 28.9. The van der Waals surface area contributed by atoms with Gasteiger partial charge in [0.1, 0.15) is 17.5 Å². The molecule has 0 radical (unpaired) electrons. The fraction of sp³-hybridized carbons (Fsp3) is 0.552. The Bertz CT molecular complexity index is 1310. The Morgan fingerprint density at radius 3 is 2.38 bits per heavy atom. The van der Waals surface area contributed by atoms with Crippen molar-refractivity contribution in [2.45, 2.75) is 64.8 Å². The fourth-order valence-electron chi connectivity index (χ4n) is 4.64. The Balaban J connectivity index is 1.94. The number of imidazole rings is 1. The van der Waals surface area contributed by atoms with Crippen molar-refractivity contribution in [2.24, 2.45) is 7.05 Å². The second kappa shape index (κ2) is 12.9. The largest absolute Gasteiger partial charge is 0.459 e. The summed E-state index contributed by atoms with van der Waals surface area (Å²) in [6, 6.07) is 6.97. The fourth-order valence-corrected chi connectivity index (χ4v) is 4.64. The van der Waals surface area contributed by atoms with Gasteiger partial charge in [0.15, 0.2) is 0 Å². The highest BCUT2D eigenvalue weighted by Crippen LogP contribution is 2.30. The number of methoxy groups -OCH3 is 2. The molecule has 10 heteroatoms. The first-order valence-corrected chi connectivity index (χ1v) is 13.2. The molecule has 0 aliphatic carbocycles. The van der Waals surface area contributed by atoms with Crippen molar-refractivity contribution >= 4 is 17.0 Å². The van der Waals surface area contributed by atoms with Gasteiger partial charge < -0.3 is 33.8 Å². The van der Waals surface area contributed by atoms with Crippen molar-refractivity contribution < 1.29 is 24.1 Å². The minimum atomic E-state index is -0.899. The molecule has 1 unspecified atom stereocenters. The molecule has 0 bridgehead atoms. The minimum Gasteiger partial charge on any atom is -0.459 e. The Morgan fingerprint density at radius 2 is 1.82 bits per heavy atom. The molecule has 2 heterocycles. The minimum absolute atomic E-state index is 0.0524. The van der Waals surface area contributed by atoms with E-state index in [9.17, 15) is 14.7 Å². The van der Waals surface area contributed by atoms with Gasteiger partial charge in [0, 0.05) is 45.1 Å². The van der Waals surface area contributed by atoms with Crippen LogP contribution in [0, 0.1) is 6.92 Å². The number of benzene rings is 1. The summed E-state index contributed by atoms with van der Waals surface area (Å²) in [5, 5.41) is 13.3. The lowest BCUT2D eigenvalue weighted by molar-refractivity contribution is -0.160. The molecule has 39 heavy (non-hydrogen) atoms. The van der Waals surface area contributed by atoms with Gasteiger partial charge in [0.2, 0.25) is 0 Å². The number of ether oxygens (including phenoxy) is 3. The zero-order valence-corrected chi connectivity index (χ0v) is 24.3. The first-order chi connectivity index (χ1) is 18.4. The number of aliphatic hydroxyl groups is 1. The predicted molar refractivity (Wildman–Crippen MR) is 151 cm³/mol. The molecule has 3 aromatic rings. The number of aryl methyl sites for hydroxylation is 2. The van der Waals surface area contributed by atoms with E-state index in [2.05, 4.69) is 9.88 Å². The van der Waals surface area contributed by atoms with Crippen LogP contribution in [0.5, 0.6) is 0 Å². The molecule has 0 saturated carbocycles. The van der Waals surface area contributed by atoms with E-state index in [-0.39, 0.29) is 11.6 Å². The maximum Gasteiger partial charge on any atom is 0.326 e. The van der Waals surface area contributed by atoms with Crippen molar-refractivity contribution in [1.82, 2.24) is 19.4 Å². The number of aromatic nitrogens is 3. The third-order valence-electron chi connectivity index (χ3n) is 6.38. The quantitative estimate of drug-likeness (QED) is 0.336. The molecule has 2 atom stereocenters. The molecule has 3 rings (SSSR count). The number of carbonyl (C=O) groups is 1. The van der Waals surface area contributed by atoms with Crippen LogP contribution in [0.25, 0.3) is 22.4 Å². The van der Waals surface area contributed by atoms with Crippen LogP contribution >= 0.6 is 0 Å². The lowest BCUT2D eigenvalue weighted by Crippen LogP contribution is -2.48. The van der Waals surface area contributed by atoms with E-state index in [1.54, 1.807) is 66.6 Å². The van der Waals surface area contributed by atoms with Crippen molar-refractivity contribution in [2.75, 3.05) is 34.0 Å². The molecule has 1 aromatic carbocycles. The highest BCUT2D eigenvalue weighted by molar-refractivity contribution is 5.81. The molecule has 0 aliphatic heterocycles. The summed E-state index contributed by atoms with van der Waals surface area (Å²) in [5.74, 6) is 0.239. The van der Waals surface area contributed by atoms with Crippen molar-refractivity contribution in [3.63, 3.8) is 0 Å². The summed E-state index contributed by atoms with van der Waals surface area (Å²) in [6.07, 6.45) is 1.51. The number of rotatable bonds is 12. The molecule has 0 fully saturated rings. The van der Waals surface area contributed by atoms with Crippen LogP contribution < -0.4 is 10.9 Å². The van der Waals surface area contributed by atoms with Gasteiger partial charge in [-0.1, -0.05) is 6.07 Å². The second-order valence-corrected chi connectivity index (χ2v) is 11.0. The number of carbonyl (C=O) groups excluding carboxylic acids is 1. The van der Waals surface area contributed by atoms with Crippen LogP contribution in [-0.2, 0) is 32.5 Å². The highest BCUT2D eigenvalue weighted by Gasteiger charge is 2.28. The maximum absolute atomic E-state index is 12.5. The van der Waals surface area contributed by atoms with Crippen LogP contribution in [0.4, 0.5) is 0 Å². The van der Waals surface area contributed by atoms with Gasteiger partial charge in [-0.15, -0.1) is 0 Å². The van der Waals surface area contributed by atoms with E-state index in [1.807, 2.05) is 24.3 Å². The topological polar surface area (TPSA) is 117 Å². The van der Waals surface area contributed by atoms with Gasteiger partial charge in [-0.3, -0.25) is 9.59 Å². The molecular weight excluding hydrogens is 500 g/mol. The number of nitrogens with one attached hydrogen (secondary N) is 1. The third kappa shape index (κ3) is 7.54. The lowest BCUT2D eigenvalue weighted by Gasteiger charge is -2.26.